The molecule has 1 saturated heterocycles. The molecular formula is C16H26N2O2S. The Labute approximate surface area is 128 Å². The van der Waals surface area contributed by atoms with Gasteiger partial charge in [0, 0.05) is 18.8 Å². The van der Waals surface area contributed by atoms with Crippen LogP contribution >= 0.6 is 0 Å². The summed E-state index contributed by atoms with van der Waals surface area (Å²) in [7, 11) is -3.45. The molecule has 0 atom stereocenters. The van der Waals surface area contributed by atoms with Crippen LogP contribution < -0.4 is 5.73 Å². The lowest BCUT2D eigenvalue weighted by Gasteiger charge is -2.26. The predicted molar refractivity (Wildman–Crippen MR) is 86.9 cm³/mol. The van der Waals surface area contributed by atoms with Crippen LogP contribution in [0.1, 0.15) is 48.8 Å². The monoisotopic (exact) mass is 310 g/mol. The lowest BCUT2D eigenvalue weighted by Crippen LogP contribution is -2.35. The number of nitrogens with two attached hydrogens (primary N) is 1. The highest BCUT2D eigenvalue weighted by Gasteiger charge is 2.29. The molecule has 0 aromatic heterocycles. The highest BCUT2D eigenvalue weighted by molar-refractivity contribution is 7.89. The molecule has 1 heterocycles. The van der Waals surface area contributed by atoms with Crippen LogP contribution in [0.3, 0.4) is 0 Å². The molecule has 118 valence electrons. The third-order valence-corrected chi connectivity index (χ3v) is 6.66. The summed E-state index contributed by atoms with van der Waals surface area (Å²) in [5.41, 5.74) is 8.99. The van der Waals surface area contributed by atoms with Crippen molar-refractivity contribution < 1.29 is 8.42 Å². The molecule has 5 heteroatoms. The van der Waals surface area contributed by atoms with Gasteiger partial charge in [0.05, 0.1) is 4.90 Å². The Kier molecular flexibility index (Phi) is 4.94. The first kappa shape index (κ1) is 16.3. The van der Waals surface area contributed by atoms with Crippen molar-refractivity contribution in [3.8, 4) is 0 Å². The summed E-state index contributed by atoms with van der Waals surface area (Å²) in [6.45, 7) is 6.83. The van der Waals surface area contributed by atoms with Gasteiger partial charge in [0.2, 0.25) is 10.0 Å². The van der Waals surface area contributed by atoms with E-state index in [9.17, 15) is 8.42 Å². The summed E-state index contributed by atoms with van der Waals surface area (Å²) >= 11 is 0. The topological polar surface area (TPSA) is 63.4 Å². The maximum atomic E-state index is 13.1. The molecule has 0 amide bonds. The lowest BCUT2D eigenvalue weighted by molar-refractivity contribution is 0.364. The van der Waals surface area contributed by atoms with Gasteiger partial charge >= 0.3 is 0 Å². The zero-order valence-corrected chi connectivity index (χ0v) is 14.1. The molecule has 0 saturated carbocycles. The molecule has 0 aliphatic carbocycles. The fourth-order valence-corrected chi connectivity index (χ4v) is 5.07. The Morgan fingerprint density at radius 3 is 2.05 bits per heavy atom. The second kappa shape index (κ2) is 6.36. The van der Waals surface area contributed by atoms with E-state index < -0.39 is 10.0 Å². The van der Waals surface area contributed by atoms with E-state index in [1.54, 1.807) is 11.2 Å². The van der Waals surface area contributed by atoms with E-state index in [2.05, 4.69) is 0 Å². The quantitative estimate of drug-likeness (QED) is 0.854. The summed E-state index contributed by atoms with van der Waals surface area (Å²) in [5, 5.41) is 0. The molecule has 0 unspecified atom stereocenters. The SMILES string of the molecule is Cc1cc(N)c(C)c(S(=O)(=O)N2CCCCCCC2)c1C. The van der Waals surface area contributed by atoms with Crippen LogP contribution in [-0.4, -0.2) is 25.8 Å². The third kappa shape index (κ3) is 3.24. The van der Waals surface area contributed by atoms with Gasteiger partial charge in [0.1, 0.15) is 0 Å². The first-order valence-electron chi connectivity index (χ1n) is 7.72. The molecule has 0 radical (unpaired) electrons. The molecule has 0 bridgehead atoms. The van der Waals surface area contributed by atoms with Crippen molar-refractivity contribution in [2.75, 3.05) is 18.8 Å². The van der Waals surface area contributed by atoms with Crippen molar-refractivity contribution in [2.45, 2.75) is 57.8 Å². The molecule has 1 aromatic carbocycles. The van der Waals surface area contributed by atoms with E-state index >= 15 is 0 Å². The van der Waals surface area contributed by atoms with Crippen molar-refractivity contribution >= 4 is 15.7 Å². The average Bonchev–Trinajstić information content (AvgIpc) is 2.35. The molecule has 2 N–H and O–H groups in total. The number of sulfonamides is 1. The summed E-state index contributed by atoms with van der Waals surface area (Å²) in [6.07, 6.45) is 5.32. The summed E-state index contributed by atoms with van der Waals surface area (Å²) in [6, 6.07) is 1.86. The first-order valence-corrected chi connectivity index (χ1v) is 9.16. The van der Waals surface area contributed by atoms with Gasteiger partial charge in [0.15, 0.2) is 0 Å². The van der Waals surface area contributed by atoms with E-state index in [0.717, 1.165) is 36.8 Å². The summed E-state index contributed by atoms with van der Waals surface area (Å²) < 4.78 is 27.8. The second-order valence-corrected chi connectivity index (χ2v) is 7.91. The van der Waals surface area contributed by atoms with Gasteiger partial charge in [-0.25, -0.2) is 8.42 Å². The molecule has 4 nitrogen and oxygen atoms in total. The number of nitrogens with zero attached hydrogens (tertiary/aromatic N) is 1. The third-order valence-electron chi connectivity index (χ3n) is 4.49. The van der Waals surface area contributed by atoms with Gasteiger partial charge in [-0.2, -0.15) is 4.31 Å². The number of rotatable bonds is 2. The number of hydrogen-bond acceptors (Lipinski definition) is 3. The Bertz CT molecular complexity index is 589. The second-order valence-electron chi connectivity index (χ2n) is 6.03. The fraction of sp³-hybridized carbons (Fsp3) is 0.625. The van der Waals surface area contributed by atoms with E-state index in [1.165, 1.54) is 6.42 Å². The maximum absolute atomic E-state index is 13.1. The molecule has 1 fully saturated rings. The van der Waals surface area contributed by atoms with Crippen molar-refractivity contribution in [3.05, 3.63) is 22.8 Å². The first-order chi connectivity index (χ1) is 9.85. The van der Waals surface area contributed by atoms with Gasteiger partial charge in [-0.3, -0.25) is 0 Å². The minimum atomic E-state index is -3.45. The van der Waals surface area contributed by atoms with E-state index in [4.69, 9.17) is 5.73 Å². The van der Waals surface area contributed by atoms with E-state index in [0.29, 0.717) is 29.2 Å². The lowest BCUT2D eigenvalue weighted by atomic mass is 10.1. The highest BCUT2D eigenvalue weighted by atomic mass is 32.2. The van der Waals surface area contributed by atoms with Gasteiger partial charge in [-0.1, -0.05) is 19.3 Å². The number of nitrogen functional groups attached to an aromatic ring is 1. The minimum Gasteiger partial charge on any atom is -0.398 e. The van der Waals surface area contributed by atoms with E-state index in [1.807, 2.05) is 19.9 Å². The Morgan fingerprint density at radius 1 is 0.952 bits per heavy atom. The van der Waals surface area contributed by atoms with Crippen LogP contribution in [0.4, 0.5) is 5.69 Å². The van der Waals surface area contributed by atoms with Gasteiger partial charge in [0.25, 0.3) is 0 Å². The number of anilines is 1. The summed E-state index contributed by atoms with van der Waals surface area (Å²) in [5.74, 6) is 0. The zero-order chi connectivity index (χ0) is 15.6. The highest BCUT2D eigenvalue weighted by Crippen LogP contribution is 2.31. The predicted octanol–water partition coefficient (Wildman–Crippen LogP) is 3.15. The fourth-order valence-electron chi connectivity index (χ4n) is 3.02. The molecule has 1 aliphatic heterocycles. The molecule has 2 rings (SSSR count). The van der Waals surface area contributed by atoms with Crippen molar-refractivity contribution in [1.29, 1.82) is 0 Å². The van der Waals surface area contributed by atoms with Crippen LogP contribution in [0, 0.1) is 20.8 Å². The molecule has 21 heavy (non-hydrogen) atoms. The zero-order valence-electron chi connectivity index (χ0n) is 13.3. The molecule has 1 aromatic rings. The van der Waals surface area contributed by atoms with Crippen LogP contribution in [0.5, 0.6) is 0 Å². The number of benzene rings is 1. The van der Waals surface area contributed by atoms with Crippen LogP contribution in [0.2, 0.25) is 0 Å². The molecular weight excluding hydrogens is 284 g/mol. The minimum absolute atomic E-state index is 0.417. The standard InChI is InChI=1S/C16H26N2O2S/c1-12-11-15(17)14(3)16(13(12)2)21(19,20)18-9-7-5-4-6-8-10-18/h11H,4-10,17H2,1-3H3. The van der Waals surface area contributed by atoms with Gasteiger partial charge in [-0.05, 0) is 56.4 Å². The molecule has 1 aliphatic rings. The number of hydrogen-bond donors (Lipinski definition) is 1. The largest absolute Gasteiger partial charge is 0.398 e. The van der Waals surface area contributed by atoms with E-state index in [-0.39, 0.29) is 0 Å². The smallest absolute Gasteiger partial charge is 0.243 e. The Balaban J connectivity index is 2.48. The number of aryl methyl sites for hydroxylation is 1. The summed E-state index contributed by atoms with van der Waals surface area (Å²) in [4.78, 5) is 0.417. The van der Waals surface area contributed by atoms with Crippen molar-refractivity contribution in [1.82, 2.24) is 4.31 Å². The van der Waals surface area contributed by atoms with Crippen LogP contribution in [-0.2, 0) is 10.0 Å². The van der Waals surface area contributed by atoms with Gasteiger partial charge < -0.3 is 5.73 Å². The normalized spacial score (nSPS) is 18.2. The molecule has 0 spiro atoms. The average molecular weight is 310 g/mol. The van der Waals surface area contributed by atoms with Crippen molar-refractivity contribution in [3.63, 3.8) is 0 Å². The maximum Gasteiger partial charge on any atom is 0.243 e. The van der Waals surface area contributed by atoms with Crippen LogP contribution in [0.25, 0.3) is 0 Å². The Morgan fingerprint density at radius 2 is 1.48 bits per heavy atom. The van der Waals surface area contributed by atoms with Gasteiger partial charge in [-0.15, -0.1) is 0 Å². The van der Waals surface area contributed by atoms with Crippen LogP contribution in [0.15, 0.2) is 11.0 Å². The van der Waals surface area contributed by atoms with Crippen molar-refractivity contribution in [2.24, 2.45) is 0 Å². The Hall–Kier alpha value is -1.07.